The predicted molar refractivity (Wildman–Crippen MR) is 63.2 cm³/mol. The number of hydrogen-bond acceptors (Lipinski definition) is 1. The van der Waals surface area contributed by atoms with Gasteiger partial charge in [-0.1, -0.05) is 37.6 Å². The van der Waals surface area contributed by atoms with Gasteiger partial charge in [-0.2, -0.15) is 0 Å². The second-order valence-corrected chi connectivity index (χ2v) is 4.33. The van der Waals surface area contributed by atoms with Crippen LogP contribution in [0.5, 0.6) is 0 Å². The molecule has 1 aromatic rings. The first kappa shape index (κ1) is 12.1. The van der Waals surface area contributed by atoms with Gasteiger partial charge >= 0.3 is 0 Å². The molecule has 1 amide bonds. The maximum Gasteiger partial charge on any atom is 0.252 e. The average Bonchev–Trinajstić information content (AvgIpc) is 2.17. The number of amides is 1. The Morgan fingerprint density at radius 2 is 2.07 bits per heavy atom. The van der Waals surface area contributed by atoms with Crippen LogP contribution in [0.25, 0.3) is 0 Å². The van der Waals surface area contributed by atoms with Crippen LogP contribution in [-0.4, -0.2) is 12.5 Å². The minimum Gasteiger partial charge on any atom is -0.352 e. The minimum atomic E-state index is -0.0961. The first-order valence-electron chi connectivity index (χ1n) is 5.14. The van der Waals surface area contributed by atoms with Crippen LogP contribution < -0.4 is 5.32 Å². The van der Waals surface area contributed by atoms with E-state index in [-0.39, 0.29) is 5.91 Å². The van der Waals surface area contributed by atoms with E-state index in [1.165, 1.54) is 0 Å². The fourth-order valence-electron chi connectivity index (χ4n) is 1.21. The van der Waals surface area contributed by atoms with Crippen LogP contribution in [0.15, 0.2) is 24.3 Å². The molecule has 0 spiro atoms. The summed E-state index contributed by atoms with van der Waals surface area (Å²) in [5, 5.41) is 3.35. The van der Waals surface area contributed by atoms with Crippen molar-refractivity contribution >= 4 is 17.5 Å². The van der Waals surface area contributed by atoms with E-state index in [0.29, 0.717) is 23.0 Å². The highest BCUT2D eigenvalue weighted by Gasteiger charge is 2.08. The number of carbonyl (C=O) groups excluding carboxylic acids is 1. The molecule has 1 N–H and O–H groups in total. The molecule has 15 heavy (non-hydrogen) atoms. The second kappa shape index (κ2) is 5.76. The standard InChI is InChI=1S/C12H16ClNO/c1-9(2)7-8-14-12(15)10-5-3-4-6-11(10)13/h3-6,9H,7-8H2,1-2H3,(H,14,15). The number of nitrogens with one attached hydrogen (secondary N) is 1. The molecule has 1 aromatic carbocycles. The third-order valence-electron chi connectivity index (χ3n) is 2.13. The zero-order valence-electron chi connectivity index (χ0n) is 9.09. The lowest BCUT2D eigenvalue weighted by Gasteiger charge is -2.07. The molecule has 0 bridgehead atoms. The molecule has 1 rings (SSSR count). The minimum absolute atomic E-state index is 0.0961. The van der Waals surface area contributed by atoms with E-state index in [2.05, 4.69) is 19.2 Å². The Morgan fingerprint density at radius 3 is 2.67 bits per heavy atom. The topological polar surface area (TPSA) is 29.1 Å². The SMILES string of the molecule is CC(C)CCNC(=O)c1ccccc1Cl. The highest BCUT2D eigenvalue weighted by Crippen LogP contribution is 2.14. The van der Waals surface area contributed by atoms with E-state index in [4.69, 9.17) is 11.6 Å². The Labute approximate surface area is 95.6 Å². The van der Waals surface area contributed by atoms with E-state index < -0.39 is 0 Å². The highest BCUT2D eigenvalue weighted by molar-refractivity contribution is 6.33. The largest absolute Gasteiger partial charge is 0.352 e. The summed E-state index contributed by atoms with van der Waals surface area (Å²) in [6.45, 7) is 4.95. The van der Waals surface area contributed by atoms with Gasteiger partial charge in [0.15, 0.2) is 0 Å². The first-order chi connectivity index (χ1) is 7.11. The quantitative estimate of drug-likeness (QED) is 0.838. The van der Waals surface area contributed by atoms with Gasteiger partial charge in [-0.25, -0.2) is 0 Å². The third kappa shape index (κ3) is 3.92. The van der Waals surface area contributed by atoms with Crippen molar-refractivity contribution in [3.05, 3.63) is 34.9 Å². The van der Waals surface area contributed by atoms with Gasteiger partial charge in [0.25, 0.3) is 5.91 Å². The van der Waals surface area contributed by atoms with Crippen molar-refractivity contribution < 1.29 is 4.79 Å². The van der Waals surface area contributed by atoms with Crippen molar-refractivity contribution in [3.63, 3.8) is 0 Å². The fraction of sp³-hybridized carbons (Fsp3) is 0.417. The monoisotopic (exact) mass is 225 g/mol. The Bertz CT molecular complexity index is 336. The molecule has 0 saturated heterocycles. The Kier molecular flexibility index (Phi) is 4.63. The van der Waals surface area contributed by atoms with Gasteiger partial charge in [-0.05, 0) is 24.5 Å². The Morgan fingerprint density at radius 1 is 1.40 bits per heavy atom. The van der Waals surface area contributed by atoms with Gasteiger partial charge in [0.05, 0.1) is 10.6 Å². The Balaban J connectivity index is 2.51. The van der Waals surface area contributed by atoms with E-state index >= 15 is 0 Å². The van der Waals surface area contributed by atoms with Crippen LogP contribution in [0, 0.1) is 5.92 Å². The van der Waals surface area contributed by atoms with Crippen molar-refractivity contribution in [2.75, 3.05) is 6.54 Å². The van der Waals surface area contributed by atoms with Crippen LogP contribution in [-0.2, 0) is 0 Å². The molecule has 3 heteroatoms. The van der Waals surface area contributed by atoms with Crippen molar-refractivity contribution in [1.29, 1.82) is 0 Å². The molecule has 0 aliphatic carbocycles. The van der Waals surface area contributed by atoms with Gasteiger partial charge in [0.2, 0.25) is 0 Å². The predicted octanol–water partition coefficient (Wildman–Crippen LogP) is 3.12. The number of carbonyl (C=O) groups is 1. The molecular weight excluding hydrogens is 210 g/mol. The maximum absolute atomic E-state index is 11.7. The number of halogens is 1. The molecule has 0 aliphatic rings. The summed E-state index contributed by atoms with van der Waals surface area (Å²) >= 11 is 5.90. The highest BCUT2D eigenvalue weighted by atomic mass is 35.5. The van der Waals surface area contributed by atoms with E-state index in [9.17, 15) is 4.79 Å². The Hall–Kier alpha value is -1.02. The molecule has 82 valence electrons. The summed E-state index contributed by atoms with van der Waals surface area (Å²) in [5.74, 6) is 0.498. The fourth-order valence-corrected chi connectivity index (χ4v) is 1.44. The molecule has 0 saturated carbocycles. The lowest BCUT2D eigenvalue weighted by atomic mass is 10.1. The molecule has 0 fully saturated rings. The zero-order chi connectivity index (χ0) is 11.3. The molecule has 0 unspecified atom stereocenters. The summed E-state index contributed by atoms with van der Waals surface area (Å²) < 4.78 is 0. The summed E-state index contributed by atoms with van der Waals surface area (Å²) in [7, 11) is 0. The first-order valence-corrected chi connectivity index (χ1v) is 5.51. The lowest BCUT2D eigenvalue weighted by Crippen LogP contribution is -2.25. The third-order valence-corrected chi connectivity index (χ3v) is 2.46. The van der Waals surface area contributed by atoms with Gasteiger partial charge in [0.1, 0.15) is 0 Å². The van der Waals surface area contributed by atoms with Crippen LogP contribution in [0.2, 0.25) is 5.02 Å². The van der Waals surface area contributed by atoms with Gasteiger partial charge in [-0.15, -0.1) is 0 Å². The molecule has 0 aliphatic heterocycles. The number of hydrogen-bond donors (Lipinski definition) is 1. The normalized spacial score (nSPS) is 10.4. The molecule has 0 aromatic heterocycles. The molecule has 2 nitrogen and oxygen atoms in total. The summed E-state index contributed by atoms with van der Waals surface area (Å²) in [5.41, 5.74) is 0.544. The molecule has 0 heterocycles. The second-order valence-electron chi connectivity index (χ2n) is 3.92. The zero-order valence-corrected chi connectivity index (χ0v) is 9.84. The van der Waals surface area contributed by atoms with E-state index in [1.807, 2.05) is 12.1 Å². The van der Waals surface area contributed by atoms with Gasteiger partial charge < -0.3 is 5.32 Å². The molecular formula is C12H16ClNO. The average molecular weight is 226 g/mol. The number of benzene rings is 1. The smallest absolute Gasteiger partial charge is 0.252 e. The van der Waals surface area contributed by atoms with Crippen LogP contribution in [0.4, 0.5) is 0 Å². The molecule has 0 atom stereocenters. The summed E-state index contributed by atoms with van der Waals surface area (Å²) in [6, 6.07) is 7.07. The van der Waals surface area contributed by atoms with E-state index in [0.717, 1.165) is 6.42 Å². The van der Waals surface area contributed by atoms with Crippen molar-refractivity contribution in [2.24, 2.45) is 5.92 Å². The van der Waals surface area contributed by atoms with Crippen LogP contribution in [0.3, 0.4) is 0 Å². The van der Waals surface area contributed by atoms with Crippen molar-refractivity contribution in [3.8, 4) is 0 Å². The van der Waals surface area contributed by atoms with Crippen molar-refractivity contribution in [1.82, 2.24) is 5.32 Å². The van der Waals surface area contributed by atoms with Crippen LogP contribution in [0.1, 0.15) is 30.6 Å². The lowest BCUT2D eigenvalue weighted by molar-refractivity contribution is 0.0952. The number of rotatable bonds is 4. The summed E-state index contributed by atoms with van der Waals surface area (Å²) in [6.07, 6.45) is 0.982. The summed E-state index contributed by atoms with van der Waals surface area (Å²) in [4.78, 5) is 11.7. The maximum atomic E-state index is 11.7. The van der Waals surface area contributed by atoms with Gasteiger partial charge in [-0.3, -0.25) is 4.79 Å². The van der Waals surface area contributed by atoms with Gasteiger partial charge in [0, 0.05) is 6.54 Å². The van der Waals surface area contributed by atoms with Crippen LogP contribution >= 0.6 is 11.6 Å². The molecule has 0 radical (unpaired) electrons. The van der Waals surface area contributed by atoms with E-state index in [1.54, 1.807) is 12.1 Å². The van der Waals surface area contributed by atoms with Crippen molar-refractivity contribution in [2.45, 2.75) is 20.3 Å².